The molecular weight excluding hydrogens is 168 g/mol. The van der Waals surface area contributed by atoms with Gasteiger partial charge in [0.2, 0.25) is 0 Å². The molecule has 0 saturated heterocycles. The number of nitrogens with one attached hydrogen (secondary N) is 2. The number of hydrogen-bond acceptors (Lipinski definition) is 1. The molecule has 0 heterocycles. The molecule has 3 heteroatoms. The lowest BCUT2D eigenvalue weighted by atomic mass is 10.1. The van der Waals surface area contributed by atoms with Crippen molar-refractivity contribution in [1.29, 1.82) is 0 Å². The van der Waals surface area contributed by atoms with E-state index in [4.69, 9.17) is 12.2 Å². The van der Waals surface area contributed by atoms with E-state index in [1.54, 1.807) is 0 Å². The van der Waals surface area contributed by atoms with Gasteiger partial charge in [-0.05, 0) is 37.9 Å². The molecule has 1 aliphatic carbocycles. The van der Waals surface area contributed by atoms with Crippen LogP contribution in [0.3, 0.4) is 0 Å². The fraction of sp³-hybridized carbons (Fsp3) is 0.889. The van der Waals surface area contributed by atoms with Crippen LogP contribution in [0.5, 0.6) is 0 Å². The minimum Gasteiger partial charge on any atom is -0.360 e. The first-order valence-electron chi connectivity index (χ1n) is 4.66. The summed E-state index contributed by atoms with van der Waals surface area (Å²) in [6.45, 7) is 6.54. The van der Waals surface area contributed by atoms with Crippen molar-refractivity contribution < 1.29 is 0 Å². The van der Waals surface area contributed by atoms with Crippen LogP contribution in [-0.2, 0) is 0 Å². The zero-order chi connectivity index (χ0) is 9.14. The van der Waals surface area contributed by atoms with Crippen LogP contribution in [0.4, 0.5) is 0 Å². The molecular formula is C9H18N2S. The summed E-state index contributed by atoms with van der Waals surface area (Å²) < 4.78 is 0. The van der Waals surface area contributed by atoms with Crippen LogP contribution in [0, 0.1) is 5.92 Å². The second kappa shape index (κ2) is 4.08. The molecule has 1 rings (SSSR count). The lowest BCUT2D eigenvalue weighted by molar-refractivity contribution is 0.484. The standard InChI is InChI=1S/C9H18N2S/c1-6(2)7(3)10-9(12)11-8-4-5-8/h6-8H,4-5H2,1-3H3,(H2,10,11,12). The van der Waals surface area contributed by atoms with E-state index in [1.165, 1.54) is 12.8 Å². The quantitative estimate of drug-likeness (QED) is 0.656. The van der Waals surface area contributed by atoms with Crippen LogP contribution < -0.4 is 10.6 Å². The van der Waals surface area contributed by atoms with Gasteiger partial charge in [-0.1, -0.05) is 13.8 Å². The van der Waals surface area contributed by atoms with E-state index >= 15 is 0 Å². The van der Waals surface area contributed by atoms with Crippen LogP contribution >= 0.6 is 12.2 Å². The van der Waals surface area contributed by atoms with Crippen molar-refractivity contribution in [3.8, 4) is 0 Å². The maximum absolute atomic E-state index is 5.14. The van der Waals surface area contributed by atoms with Gasteiger partial charge in [0.1, 0.15) is 0 Å². The average molecular weight is 186 g/mol. The predicted octanol–water partition coefficient (Wildman–Crippen LogP) is 1.66. The van der Waals surface area contributed by atoms with Gasteiger partial charge in [0, 0.05) is 12.1 Å². The molecule has 1 unspecified atom stereocenters. The summed E-state index contributed by atoms with van der Waals surface area (Å²) in [4.78, 5) is 0. The van der Waals surface area contributed by atoms with Crippen LogP contribution in [0.1, 0.15) is 33.6 Å². The Morgan fingerprint density at radius 3 is 2.33 bits per heavy atom. The minimum atomic E-state index is 0.462. The minimum absolute atomic E-state index is 0.462. The van der Waals surface area contributed by atoms with Crippen LogP contribution in [-0.4, -0.2) is 17.2 Å². The van der Waals surface area contributed by atoms with Crippen molar-refractivity contribution in [3.63, 3.8) is 0 Å². The third kappa shape index (κ3) is 3.39. The molecule has 0 aromatic carbocycles. The first-order chi connectivity index (χ1) is 5.59. The second-order valence-corrected chi connectivity index (χ2v) is 4.33. The van der Waals surface area contributed by atoms with Crippen molar-refractivity contribution in [2.45, 2.75) is 45.7 Å². The second-order valence-electron chi connectivity index (χ2n) is 3.92. The highest BCUT2D eigenvalue weighted by Gasteiger charge is 2.22. The molecule has 2 nitrogen and oxygen atoms in total. The summed E-state index contributed by atoms with van der Waals surface area (Å²) >= 11 is 5.14. The Kier molecular flexibility index (Phi) is 3.32. The highest BCUT2D eigenvalue weighted by molar-refractivity contribution is 7.80. The van der Waals surface area contributed by atoms with Crippen molar-refractivity contribution in [1.82, 2.24) is 10.6 Å². The highest BCUT2D eigenvalue weighted by atomic mass is 32.1. The predicted molar refractivity (Wildman–Crippen MR) is 56.2 cm³/mol. The first-order valence-corrected chi connectivity index (χ1v) is 5.07. The molecule has 1 saturated carbocycles. The van der Waals surface area contributed by atoms with E-state index in [2.05, 4.69) is 31.4 Å². The molecule has 0 bridgehead atoms. The van der Waals surface area contributed by atoms with Gasteiger partial charge in [-0.25, -0.2) is 0 Å². The molecule has 1 fully saturated rings. The third-order valence-corrected chi connectivity index (χ3v) is 2.51. The fourth-order valence-electron chi connectivity index (χ4n) is 0.828. The molecule has 0 aromatic rings. The third-order valence-electron chi connectivity index (χ3n) is 2.27. The summed E-state index contributed by atoms with van der Waals surface area (Å²) in [6, 6.07) is 1.12. The Balaban J connectivity index is 2.15. The highest BCUT2D eigenvalue weighted by Crippen LogP contribution is 2.18. The van der Waals surface area contributed by atoms with E-state index in [0.717, 1.165) is 5.11 Å². The van der Waals surface area contributed by atoms with Crippen LogP contribution in [0.15, 0.2) is 0 Å². The summed E-state index contributed by atoms with van der Waals surface area (Å²) in [5, 5.41) is 7.35. The van der Waals surface area contributed by atoms with Crippen molar-refractivity contribution >= 4 is 17.3 Å². The normalized spacial score (nSPS) is 19.0. The molecule has 2 N–H and O–H groups in total. The topological polar surface area (TPSA) is 24.1 Å². The summed E-state index contributed by atoms with van der Waals surface area (Å²) in [6.07, 6.45) is 2.55. The lowest BCUT2D eigenvalue weighted by Crippen LogP contribution is -2.43. The summed E-state index contributed by atoms with van der Waals surface area (Å²) in [5.41, 5.74) is 0. The Morgan fingerprint density at radius 2 is 1.92 bits per heavy atom. The van der Waals surface area contributed by atoms with Gasteiger partial charge < -0.3 is 10.6 Å². The SMILES string of the molecule is CC(C)C(C)NC(=S)NC1CC1. The van der Waals surface area contributed by atoms with Crippen molar-refractivity contribution in [3.05, 3.63) is 0 Å². The molecule has 1 aliphatic rings. The van der Waals surface area contributed by atoms with E-state index in [-0.39, 0.29) is 0 Å². The molecule has 0 radical (unpaired) electrons. The first kappa shape index (κ1) is 9.78. The molecule has 0 amide bonds. The zero-order valence-corrected chi connectivity index (χ0v) is 8.87. The van der Waals surface area contributed by atoms with E-state index in [1.807, 2.05) is 0 Å². The fourth-order valence-corrected chi connectivity index (χ4v) is 1.18. The Labute approximate surface area is 80.1 Å². The Hall–Kier alpha value is -0.310. The van der Waals surface area contributed by atoms with Gasteiger partial charge in [0.25, 0.3) is 0 Å². The largest absolute Gasteiger partial charge is 0.360 e. The zero-order valence-electron chi connectivity index (χ0n) is 8.05. The van der Waals surface area contributed by atoms with Gasteiger partial charge in [-0.15, -0.1) is 0 Å². The monoisotopic (exact) mass is 186 g/mol. The Bertz CT molecular complexity index is 164. The maximum Gasteiger partial charge on any atom is 0.166 e. The van der Waals surface area contributed by atoms with Crippen molar-refractivity contribution in [2.24, 2.45) is 5.92 Å². The van der Waals surface area contributed by atoms with Gasteiger partial charge in [-0.3, -0.25) is 0 Å². The van der Waals surface area contributed by atoms with E-state index < -0.39 is 0 Å². The van der Waals surface area contributed by atoms with Gasteiger partial charge in [-0.2, -0.15) is 0 Å². The van der Waals surface area contributed by atoms with Crippen LogP contribution in [0.25, 0.3) is 0 Å². The molecule has 12 heavy (non-hydrogen) atoms. The number of rotatable bonds is 3. The van der Waals surface area contributed by atoms with E-state index in [0.29, 0.717) is 18.0 Å². The molecule has 0 aliphatic heterocycles. The smallest absolute Gasteiger partial charge is 0.166 e. The van der Waals surface area contributed by atoms with Gasteiger partial charge in [0.05, 0.1) is 0 Å². The summed E-state index contributed by atoms with van der Waals surface area (Å²) in [7, 11) is 0. The molecule has 0 spiro atoms. The van der Waals surface area contributed by atoms with Crippen LogP contribution in [0.2, 0.25) is 0 Å². The molecule has 0 aromatic heterocycles. The summed E-state index contributed by atoms with van der Waals surface area (Å²) in [5.74, 6) is 0.629. The Morgan fingerprint density at radius 1 is 1.33 bits per heavy atom. The van der Waals surface area contributed by atoms with Crippen molar-refractivity contribution in [2.75, 3.05) is 0 Å². The average Bonchev–Trinajstić information content (AvgIpc) is 2.71. The lowest BCUT2D eigenvalue weighted by Gasteiger charge is -2.19. The molecule has 1 atom stereocenters. The maximum atomic E-state index is 5.14. The van der Waals surface area contributed by atoms with Gasteiger partial charge in [0.15, 0.2) is 5.11 Å². The number of thiocarbonyl (C=S) groups is 1. The molecule has 70 valence electrons. The van der Waals surface area contributed by atoms with E-state index in [9.17, 15) is 0 Å². The van der Waals surface area contributed by atoms with Gasteiger partial charge >= 0.3 is 0 Å². The number of hydrogen-bond donors (Lipinski definition) is 2.